The van der Waals surface area contributed by atoms with E-state index < -0.39 is 0 Å². The smallest absolute Gasteiger partial charge is 0.255 e. The number of unbranched alkanes of at least 4 members (excludes halogenated alkanes) is 3. The van der Waals surface area contributed by atoms with E-state index in [2.05, 4.69) is 65.5 Å². The first kappa shape index (κ1) is 25.4. The molecule has 2 aromatic carbocycles. The van der Waals surface area contributed by atoms with Crippen LogP contribution >= 0.6 is 0 Å². The maximum Gasteiger partial charge on any atom is 0.255 e. The molecule has 0 aromatic heterocycles. The molecule has 0 N–H and O–H groups in total. The lowest BCUT2D eigenvalue weighted by Gasteiger charge is -2.33. The van der Waals surface area contributed by atoms with E-state index in [1.807, 2.05) is 53.4 Å². The van der Waals surface area contributed by atoms with Gasteiger partial charge in [-0.2, -0.15) is 0 Å². The van der Waals surface area contributed by atoms with Gasteiger partial charge in [0, 0.05) is 17.7 Å². The van der Waals surface area contributed by atoms with E-state index in [1.54, 1.807) is 0 Å². The standard InChI is InChI=1S/C30H39NO/c1-7-8-9-10-13-18-25(6)28(26-19-14-11-15-20-26)29(27-21-16-12-17-22-27)30(32)31(23(2)3)24(4)5/h11-24H,6-10H2,1-5H3/b18-13+,29-28-. The predicted molar refractivity (Wildman–Crippen MR) is 139 cm³/mol. The molecule has 0 heterocycles. The fraction of sp³-hybridized carbons (Fsp3) is 0.367. The first-order valence-electron chi connectivity index (χ1n) is 11.9. The Balaban J connectivity index is 2.70. The molecule has 0 aliphatic heterocycles. The first-order chi connectivity index (χ1) is 15.4. The Morgan fingerprint density at radius 2 is 1.34 bits per heavy atom. The summed E-state index contributed by atoms with van der Waals surface area (Å²) in [6.45, 7) is 14.9. The van der Waals surface area contributed by atoms with Crippen molar-refractivity contribution < 1.29 is 4.79 Å². The lowest BCUT2D eigenvalue weighted by molar-refractivity contribution is -0.128. The number of hydrogen-bond donors (Lipinski definition) is 0. The van der Waals surface area contributed by atoms with E-state index in [4.69, 9.17) is 0 Å². The summed E-state index contributed by atoms with van der Waals surface area (Å²) in [4.78, 5) is 16.0. The van der Waals surface area contributed by atoms with E-state index in [1.165, 1.54) is 19.3 Å². The van der Waals surface area contributed by atoms with Gasteiger partial charge in [-0.1, -0.05) is 99.2 Å². The number of allylic oxidation sites excluding steroid dienone is 4. The first-order valence-corrected chi connectivity index (χ1v) is 11.9. The number of rotatable bonds is 11. The molecule has 1 amide bonds. The van der Waals surface area contributed by atoms with Crippen molar-refractivity contribution in [3.8, 4) is 0 Å². The van der Waals surface area contributed by atoms with Crippen molar-refractivity contribution in [2.75, 3.05) is 0 Å². The largest absolute Gasteiger partial charge is 0.334 e. The molecule has 2 heteroatoms. The Morgan fingerprint density at radius 1 is 0.844 bits per heavy atom. The second kappa shape index (κ2) is 12.9. The molecule has 0 aliphatic carbocycles. The lowest BCUT2D eigenvalue weighted by Crippen LogP contribution is -2.42. The van der Waals surface area contributed by atoms with Crippen molar-refractivity contribution in [1.82, 2.24) is 4.90 Å². The van der Waals surface area contributed by atoms with Crippen molar-refractivity contribution in [3.63, 3.8) is 0 Å². The molecule has 0 fully saturated rings. The third-order valence-electron chi connectivity index (χ3n) is 5.55. The quantitative estimate of drug-likeness (QED) is 0.154. The fourth-order valence-electron chi connectivity index (χ4n) is 4.09. The number of benzene rings is 2. The van der Waals surface area contributed by atoms with Gasteiger partial charge in [0.05, 0.1) is 5.57 Å². The number of hydrogen-bond acceptors (Lipinski definition) is 1. The second-order valence-electron chi connectivity index (χ2n) is 8.81. The van der Waals surface area contributed by atoms with Gasteiger partial charge < -0.3 is 4.90 Å². The predicted octanol–water partition coefficient (Wildman–Crippen LogP) is 7.94. The highest BCUT2D eigenvalue weighted by Crippen LogP contribution is 2.34. The third-order valence-corrected chi connectivity index (χ3v) is 5.55. The lowest BCUT2D eigenvalue weighted by atomic mass is 9.88. The molecule has 2 nitrogen and oxygen atoms in total. The Morgan fingerprint density at radius 3 is 1.81 bits per heavy atom. The van der Waals surface area contributed by atoms with E-state index >= 15 is 0 Å². The molecule has 170 valence electrons. The molecule has 0 radical (unpaired) electrons. The average Bonchev–Trinajstić information content (AvgIpc) is 2.77. The van der Waals surface area contributed by atoms with Gasteiger partial charge in [-0.3, -0.25) is 4.79 Å². The van der Waals surface area contributed by atoms with Crippen LogP contribution in [0.15, 0.2) is 85.0 Å². The minimum atomic E-state index is 0.0422. The van der Waals surface area contributed by atoms with Gasteiger partial charge in [0.15, 0.2) is 0 Å². The van der Waals surface area contributed by atoms with E-state index in [0.717, 1.165) is 28.7 Å². The van der Waals surface area contributed by atoms with Crippen molar-refractivity contribution in [1.29, 1.82) is 0 Å². The van der Waals surface area contributed by atoms with Gasteiger partial charge in [0.1, 0.15) is 0 Å². The Kier molecular flexibility index (Phi) is 10.2. The number of amides is 1. The molecule has 0 saturated carbocycles. The summed E-state index contributed by atoms with van der Waals surface area (Å²) in [6.07, 6.45) is 8.90. The SMILES string of the molecule is C=C(/C=C/CCCCC)/C(=C(/C(=O)N(C(C)C)C(C)C)c1ccccc1)c1ccccc1. The van der Waals surface area contributed by atoms with Crippen LogP contribution in [-0.2, 0) is 4.79 Å². The van der Waals surface area contributed by atoms with Crippen molar-refractivity contribution in [2.45, 2.75) is 72.4 Å². The Labute approximate surface area is 195 Å². The van der Waals surface area contributed by atoms with Gasteiger partial charge >= 0.3 is 0 Å². The highest BCUT2D eigenvalue weighted by atomic mass is 16.2. The summed E-state index contributed by atoms with van der Waals surface area (Å²) in [6, 6.07) is 20.4. The zero-order valence-electron chi connectivity index (χ0n) is 20.5. The van der Waals surface area contributed by atoms with Gasteiger partial charge in [-0.05, 0) is 57.2 Å². The summed E-state index contributed by atoms with van der Waals surface area (Å²) in [5.74, 6) is 0.0422. The zero-order valence-corrected chi connectivity index (χ0v) is 20.5. The van der Waals surface area contributed by atoms with Gasteiger partial charge in [-0.25, -0.2) is 0 Å². The summed E-state index contributed by atoms with van der Waals surface area (Å²) in [5.41, 5.74) is 4.41. The van der Waals surface area contributed by atoms with Gasteiger partial charge in [0.25, 0.3) is 5.91 Å². The molecular weight excluding hydrogens is 390 g/mol. The van der Waals surface area contributed by atoms with Crippen LogP contribution in [0.1, 0.15) is 71.4 Å². The van der Waals surface area contributed by atoms with Crippen molar-refractivity contribution in [3.05, 3.63) is 96.1 Å². The van der Waals surface area contributed by atoms with E-state index in [9.17, 15) is 4.79 Å². The Hall–Kier alpha value is -2.87. The number of carbonyl (C=O) groups is 1. The molecule has 2 aromatic rings. The van der Waals surface area contributed by atoms with Crippen LogP contribution in [0.4, 0.5) is 0 Å². The average molecular weight is 430 g/mol. The fourth-order valence-corrected chi connectivity index (χ4v) is 4.09. The zero-order chi connectivity index (χ0) is 23.5. The van der Waals surface area contributed by atoms with Crippen LogP contribution < -0.4 is 0 Å². The third kappa shape index (κ3) is 6.82. The number of nitrogens with zero attached hydrogens (tertiary/aromatic N) is 1. The minimum absolute atomic E-state index is 0.0422. The molecule has 2 rings (SSSR count). The van der Waals surface area contributed by atoms with E-state index in [-0.39, 0.29) is 18.0 Å². The van der Waals surface area contributed by atoms with Crippen LogP contribution in [0, 0.1) is 0 Å². The molecule has 0 bridgehead atoms. The maximum absolute atomic E-state index is 14.1. The molecule has 32 heavy (non-hydrogen) atoms. The summed E-state index contributed by atoms with van der Waals surface area (Å²) in [5, 5.41) is 0. The molecule has 0 spiro atoms. The van der Waals surface area contributed by atoms with Crippen molar-refractivity contribution >= 4 is 17.1 Å². The topological polar surface area (TPSA) is 20.3 Å². The van der Waals surface area contributed by atoms with E-state index in [0.29, 0.717) is 5.57 Å². The second-order valence-corrected chi connectivity index (χ2v) is 8.81. The summed E-state index contributed by atoms with van der Waals surface area (Å²) in [7, 11) is 0. The normalized spacial score (nSPS) is 12.3. The van der Waals surface area contributed by atoms with Gasteiger partial charge in [-0.15, -0.1) is 0 Å². The van der Waals surface area contributed by atoms with Crippen LogP contribution in [0.25, 0.3) is 11.1 Å². The molecule has 0 saturated heterocycles. The highest BCUT2D eigenvalue weighted by Gasteiger charge is 2.28. The summed E-state index contributed by atoms with van der Waals surface area (Å²) >= 11 is 0. The Bertz CT molecular complexity index is 912. The van der Waals surface area contributed by atoms with Crippen LogP contribution in [-0.4, -0.2) is 22.9 Å². The summed E-state index contributed by atoms with van der Waals surface area (Å²) < 4.78 is 0. The minimum Gasteiger partial charge on any atom is -0.334 e. The van der Waals surface area contributed by atoms with Crippen molar-refractivity contribution in [2.24, 2.45) is 0 Å². The van der Waals surface area contributed by atoms with Crippen LogP contribution in [0.3, 0.4) is 0 Å². The molecule has 0 unspecified atom stereocenters. The molecule has 0 atom stereocenters. The molecular formula is C30H39NO. The van der Waals surface area contributed by atoms with Crippen LogP contribution in [0.5, 0.6) is 0 Å². The maximum atomic E-state index is 14.1. The highest BCUT2D eigenvalue weighted by molar-refractivity contribution is 6.29. The number of carbonyl (C=O) groups excluding carboxylic acids is 1. The monoisotopic (exact) mass is 429 g/mol. The van der Waals surface area contributed by atoms with Gasteiger partial charge in [0.2, 0.25) is 0 Å². The molecule has 0 aliphatic rings. The van der Waals surface area contributed by atoms with Crippen LogP contribution in [0.2, 0.25) is 0 Å².